The second kappa shape index (κ2) is 9.37. The fourth-order valence-electron chi connectivity index (χ4n) is 4.67. The van der Waals surface area contributed by atoms with Crippen molar-refractivity contribution in [3.8, 4) is 0 Å². The van der Waals surface area contributed by atoms with Crippen LogP contribution in [0.5, 0.6) is 0 Å². The average molecular weight is 494 g/mol. The minimum Gasteiger partial charge on any atom is -0.341 e. The number of piperidine rings is 1. The Morgan fingerprint density at radius 2 is 1.77 bits per heavy atom. The van der Waals surface area contributed by atoms with Crippen LogP contribution in [-0.4, -0.2) is 47.3 Å². The van der Waals surface area contributed by atoms with Crippen molar-refractivity contribution >= 4 is 26.7 Å². The molecule has 1 aliphatic heterocycles. The molecule has 1 saturated heterocycles. The Morgan fingerprint density at radius 3 is 2.40 bits per heavy atom. The highest BCUT2D eigenvalue weighted by Gasteiger charge is 2.22. The van der Waals surface area contributed by atoms with Crippen LogP contribution in [0.1, 0.15) is 42.5 Å². The van der Waals surface area contributed by atoms with E-state index in [1.54, 1.807) is 6.07 Å². The van der Waals surface area contributed by atoms with E-state index in [-0.39, 0.29) is 4.90 Å². The first-order valence-electron chi connectivity index (χ1n) is 11.8. The summed E-state index contributed by atoms with van der Waals surface area (Å²) < 4.78 is 39.9. The van der Waals surface area contributed by atoms with Gasteiger partial charge < -0.3 is 9.47 Å². The molecule has 182 valence electrons. The summed E-state index contributed by atoms with van der Waals surface area (Å²) in [5, 5.41) is 0.684. The van der Waals surface area contributed by atoms with Crippen LogP contribution in [0, 0.1) is 5.82 Å². The molecule has 1 aromatic carbocycles. The van der Waals surface area contributed by atoms with E-state index in [9.17, 15) is 12.8 Å². The third kappa shape index (κ3) is 4.91. The van der Waals surface area contributed by atoms with Gasteiger partial charge in [-0.1, -0.05) is 13.0 Å². The van der Waals surface area contributed by atoms with Crippen molar-refractivity contribution in [2.45, 2.75) is 43.5 Å². The van der Waals surface area contributed by atoms with Gasteiger partial charge >= 0.3 is 0 Å². The molecule has 0 amide bonds. The van der Waals surface area contributed by atoms with Crippen LogP contribution in [-0.2, 0) is 22.8 Å². The van der Waals surface area contributed by atoms with Crippen molar-refractivity contribution in [3.05, 3.63) is 77.8 Å². The van der Waals surface area contributed by atoms with E-state index in [0.717, 1.165) is 55.8 Å². The minimum atomic E-state index is -3.62. The first kappa shape index (κ1) is 23.4. The summed E-state index contributed by atoms with van der Waals surface area (Å²) in [6.07, 6.45) is 11.6. The maximum atomic E-state index is 14.4. The van der Waals surface area contributed by atoms with E-state index in [0.29, 0.717) is 23.4 Å². The zero-order chi connectivity index (χ0) is 24.6. The molecule has 5 rings (SSSR count). The van der Waals surface area contributed by atoms with Crippen LogP contribution in [0.4, 0.5) is 10.3 Å². The molecular formula is C26H28FN5O2S. The summed E-state index contributed by atoms with van der Waals surface area (Å²) in [5.41, 5.74) is 3.87. The number of aryl methyl sites for hydroxylation is 1. The van der Waals surface area contributed by atoms with Gasteiger partial charge in [-0.15, -0.1) is 0 Å². The minimum absolute atomic E-state index is 0.277. The van der Waals surface area contributed by atoms with E-state index in [1.807, 2.05) is 35.4 Å². The van der Waals surface area contributed by atoms with E-state index >= 15 is 0 Å². The van der Waals surface area contributed by atoms with Crippen LogP contribution in [0.2, 0.25) is 0 Å². The predicted octanol–water partition coefficient (Wildman–Crippen LogP) is 4.36. The van der Waals surface area contributed by atoms with Crippen LogP contribution in [0.25, 0.3) is 10.9 Å². The molecule has 0 atom stereocenters. The second-order valence-electron chi connectivity index (χ2n) is 9.15. The average Bonchev–Trinajstić information content (AvgIpc) is 3.25. The summed E-state index contributed by atoms with van der Waals surface area (Å²) in [7, 11) is -3.62. The number of benzene rings is 1. The Morgan fingerprint density at radius 1 is 1.03 bits per heavy atom. The molecule has 4 aromatic rings. The van der Waals surface area contributed by atoms with Gasteiger partial charge in [-0.3, -0.25) is 4.98 Å². The van der Waals surface area contributed by atoms with Crippen LogP contribution < -0.4 is 4.90 Å². The molecule has 0 N–H and O–H groups in total. The highest BCUT2D eigenvalue weighted by Crippen LogP contribution is 2.29. The third-order valence-corrected chi connectivity index (χ3v) is 7.87. The van der Waals surface area contributed by atoms with Gasteiger partial charge in [0.2, 0.25) is 5.95 Å². The Kier molecular flexibility index (Phi) is 6.27. The maximum absolute atomic E-state index is 14.4. The molecule has 35 heavy (non-hydrogen) atoms. The lowest BCUT2D eigenvalue weighted by Crippen LogP contribution is -2.34. The molecule has 3 aromatic heterocycles. The number of hydrogen-bond acceptors (Lipinski definition) is 6. The molecule has 0 unspecified atom stereocenters. The lowest BCUT2D eigenvalue weighted by molar-refractivity contribution is 0.498. The fraction of sp³-hybridized carbons (Fsp3) is 0.346. The van der Waals surface area contributed by atoms with Gasteiger partial charge in [0.15, 0.2) is 9.84 Å². The standard InChI is InChI=1S/C26H28FN5O2S/c1-3-18-14-29-26(30-15-18)31-9-6-19(7-10-31)21-4-5-22(28-16-21)17-32-11-8-20-12-25(35(2,33)34)23(27)13-24(20)32/h4-5,8,11-16,19H,3,6-7,9-10,17H2,1-2H3. The van der Waals surface area contributed by atoms with Crippen LogP contribution in [0.15, 0.2) is 60.0 Å². The number of fused-ring (bicyclic) bond motifs is 1. The quantitative estimate of drug-likeness (QED) is 0.397. The van der Waals surface area contributed by atoms with E-state index in [2.05, 4.69) is 32.8 Å². The predicted molar refractivity (Wildman–Crippen MR) is 134 cm³/mol. The Hall–Kier alpha value is -3.33. The van der Waals surface area contributed by atoms with E-state index in [4.69, 9.17) is 0 Å². The topological polar surface area (TPSA) is 81.0 Å². The highest BCUT2D eigenvalue weighted by molar-refractivity contribution is 7.90. The number of rotatable bonds is 6. The molecule has 1 fully saturated rings. The number of hydrogen-bond donors (Lipinski definition) is 0. The van der Waals surface area contributed by atoms with Crippen molar-refractivity contribution in [1.29, 1.82) is 0 Å². The van der Waals surface area contributed by atoms with Gasteiger partial charge in [0.05, 0.1) is 17.8 Å². The molecular weight excluding hydrogens is 465 g/mol. The number of aromatic nitrogens is 4. The molecule has 7 nitrogen and oxygen atoms in total. The van der Waals surface area contributed by atoms with Crippen molar-refractivity contribution in [3.63, 3.8) is 0 Å². The second-order valence-corrected chi connectivity index (χ2v) is 11.1. The number of anilines is 1. The Bertz CT molecular complexity index is 1440. The molecule has 4 heterocycles. The van der Waals surface area contributed by atoms with Crippen LogP contribution >= 0.6 is 0 Å². The summed E-state index contributed by atoms with van der Waals surface area (Å²) in [4.78, 5) is 15.6. The first-order valence-corrected chi connectivity index (χ1v) is 13.7. The first-order chi connectivity index (χ1) is 16.8. The largest absolute Gasteiger partial charge is 0.341 e. The SMILES string of the molecule is CCc1cnc(N2CCC(c3ccc(Cn4ccc5cc(S(C)(=O)=O)c(F)cc54)nc3)CC2)nc1. The van der Waals surface area contributed by atoms with Crippen LogP contribution in [0.3, 0.4) is 0 Å². The number of nitrogens with zero attached hydrogens (tertiary/aromatic N) is 5. The zero-order valence-corrected chi connectivity index (χ0v) is 20.7. The summed E-state index contributed by atoms with van der Waals surface area (Å²) in [6, 6.07) is 8.62. The van der Waals surface area contributed by atoms with Crippen molar-refractivity contribution in [2.75, 3.05) is 24.2 Å². The Labute approximate surface area is 204 Å². The summed E-state index contributed by atoms with van der Waals surface area (Å²) >= 11 is 0. The zero-order valence-electron chi connectivity index (χ0n) is 19.9. The molecule has 0 radical (unpaired) electrons. The van der Waals surface area contributed by atoms with Gasteiger partial charge in [-0.2, -0.15) is 0 Å². The number of halogens is 1. The number of pyridine rings is 1. The Balaban J connectivity index is 1.25. The molecule has 0 aliphatic carbocycles. The lowest BCUT2D eigenvalue weighted by Gasteiger charge is -2.32. The van der Waals surface area contributed by atoms with Crippen molar-refractivity contribution in [2.24, 2.45) is 0 Å². The van der Waals surface area contributed by atoms with E-state index < -0.39 is 15.7 Å². The fourth-order valence-corrected chi connectivity index (χ4v) is 5.42. The molecule has 1 aliphatic rings. The molecule has 0 bridgehead atoms. The molecule has 0 spiro atoms. The lowest BCUT2D eigenvalue weighted by atomic mass is 9.90. The maximum Gasteiger partial charge on any atom is 0.225 e. The van der Waals surface area contributed by atoms with Gasteiger partial charge in [-0.05, 0) is 60.6 Å². The van der Waals surface area contributed by atoms with Gasteiger partial charge in [0, 0.05) is 49.5 Å². The van der Waals surface area contributed by atoms with E-state index in [1.165, 1.54) is 17.7 Å². The summed E-state index contributed by atoms with van der Waals surface area (Å²) in [5.74, 6) is 0.508. The van der Waals surface area contributed by atoms with Gasteiger partial charge in [0.25, 0.3) is 0 Å². The smallest absolute Gasteiger partial charge is 0.225 e. The number of sulfone groups is 1. The van der Waals surface area contributed by atoms with Gasteiger partial charge in [0.1, 0.15) is 10.7 Å². The molecule has 9 heteroatoms. The third-order valence-electron chi connectivity index (χ3n) is 6.75. The monoisotopic (exact) mass is 493 g/mol. The molecule has 0 saturated carbocycles. The van der Waals surface area contributed by atoms with Crippen molar-refractivity contribution < 1.29 is 12.8 Å². The normalized spacial score (nSPS) is 15.1. The van der Waals surface area contributed by atoms with Gasteiger partial charge in [-0.25, -0.2) is 22.8 Å². The summed E-state index contributed by atoms with van der Waals surface area (Å²) in [6.45, 7) is 4.40. The highest BCUT2D eigenvalue weighted by atomic mass is 32.2. The van der Waals surface area contributed by atoms with Crippen molar-refractivity contribution in [1.82, 2.24) is 19.5 Å².